The van der Waals surface area contributed by atoms with Gasteiger partial charge in [-0.25, -0.2) is 0 Å². The monoisotopic (exact) mass is 538 g/mol. The van der Waals surface area contributed by atoms with Crippen LogP contribution in [-0.2, 0) is 17.9 Å². The zero-order valence-corrected chi connectivity index (χ0v) is 26.6. The van der Waals surface area contributed by atoms with E-state index in [2.05, 4.69) is 79.7 Å². The van der Waals surface area contributed by atoms with Crippen LogP contribution in [0.4, 0.5) is 0 Å². The maximum absolute atomic E-state index is 5.66. The predicted octanol–water partition coefficient (Wildman–Crippen LogP) is 11.3. The first-order valence-corrected chi connectivity index (χ1v) is 15.9. The van der Waals surface area contributed by atoms with E-state index in [0.29, 0.717) is 0 Å². The van der Waals surface area contributed by atoms with Crippen LogP contribution in [0.25, 0.3) is 0 Å². The fourth-order valence-electron chi connectivity index (χ4n) is 5.54. The second-order valence-corrected chi connectivity index (χ2v) is 12.8. The molecule has 0 N–H and O–H groups in total. The van der Waals surface area contributed by atoms with Gasteiger partial charge >= 0.3 is 0 Å². The smallest absolute Gasteiger partial charge is 0.175 e. The summed E-state index contributed by atoms with van der Waals surface area (Å²) < 4.78 is 0. The highest BCUT2D eigenvalue weighted by atomic mass is 17.5. The summed E-state index contributed by atoms with van der Waals surface area (Å²) in [7, 11) is 0. The van der Waals surface area contributed by atoms with Gasteiger partial charge in [-0.05, 0) is 98.6 Å². The summed E-state index contributed by atoms with van der Waals surface area (Å²) >= 11 is 0. The van der Waals surface area contributed by atoms with E-state index in [1.54, 1.807) is 0 Å². The summed E-state index contributed by atoms with van der Waals surface area (Å²) in [5.74, 6) is 3.14. The van der Waals surface area contributed by atoms with E-state index in [1.165, 1.54) is 88.2 Å². The summed E-state index contributed by atoms with van der Waals surface area (Å²) in [6.45, 7) is 17.6. The van der Waals surface area contributed by atoms with Gasteiger partial charge in [-0.15, -0.1) is 0 Å². The first kappa shape index (κ1) is 33.2. The van der Waals surface area contributed by atoms with E-state index in [-0.39, 0.29) is 0 Å². The molecule has 2 aromatic carbocycles. The van der Waals surface area contributed by atoms with Crippen molar-refractivity contribution in [2.75, 3.05) is 0 Å². The number of rotatable bonds is 20. The summed E-state index contributed by atoms with van der Waals surface area (Å²) in [5, 5.41) is 5.31. The molecule has 0 spiro atoms. The summed E-state index contributed by atoms with van der Waals surface area (Å²) in [5.41, 5.74) is 7.07. The van der Waals surface area contributed by atoms with Crippen molar-refractivity contribution in [3.05, 3.63) is 57.6 Å². The molecule has 0 amide bonds. The van der Waals surface area contributed by atoms with Crippen LogP contribution in [-0.4, -0.2) is 0 Å². The average molecular weight is 539 g/mol. The summed E-state index contributed by atoms with van der Waals surface area (Å²) in [6.07, 6.45) is 18.2. The SMILES string of the molecule is Cc1cc(CCCCCCCC(C)C)cc(C)c1OOOc1c(C)cc(CCCCCCCC(C)C)cc1C. The van der Waals surface area contributed by atoms with E-state index in [0.717, 1.165) is 58.4 Å². The zero-order chi connectivity index (χ0) is 28.6. The average Bonchev–Trinajstić information content (AvgIpc) is 2.85. The molecule has 2 aromatic rings. The maximum atomic E-state index is 5.66. The number of hydrogen-bond acceptors (Lipinski definition) is 3. The molecule has 0 aliphatic heterocycles. The van der Waals surface area contributed by atoms with Crippen LogP contribution in [0, 0.1) is 39.5 Å². The molecule has 0 aliphatic rings. The number of hydrogen-bond donors (Lipinski definition) is 0. The van der Waals surface area contributed by atoms with Gasteiger partial charge in [-0.1, -0.05) is 116 Å². The van der Waals surface area contributed by atoms with Gasteiger partial charge in [0.2, 0.25) is 0 Å². The predicted molar refractivity (Wildman–Crippen MR) is 167 cm³/mol. The Balaban J connectivity index is 1.76. The van der Waals surface area contributed by atoms with Crippen LogP contribution in [0.2, 0.25) is 0 Å². The molecule has 0 radical (unpaired) electrons. The Morgan fingerprint density at radius 3 is 1.10 bits per heavy atom. The topological polar surface area (TPSA) is 27.7 Å². The fourth-order valence-corrected chi connectivity index (χ4v) is 5.54. The van der Waals surface area contributed by atoms with Gasteiger partial charge in [0, 0.05) is 5.04 Å². The van der Waals surface area contributed by atoms with Crippen molar-refractivity contribution < 1.29 is 14.8 Å². The van der Waals surface area contributed by atoms with Crippen molar-refractivity contribution in [1.29, 1.82) is 0 Å². The summed E-state index contributed by atoms with van der Waals surface area (Å²) in [4.78, 5) is 11.3. The van der Waals surface area contributed by atoms with Crippen LogP contribution in [0.1, 0.15) is 138 Å². The van der Waals surface area contributed by atoms with Gasteiger partial charge in [0.05, 0.1) is 0 Å². The Kier molecular flexibility index (Phi) is 15.6. The molecule has 0 aliphatic carbocycles. The second-order valence-electron chi connectivity index (χ2n) is 12.8. The minimum atomic E-state index is 0.743. The Labute approximate surface area is 240 Å². The van der Waals surface area contributed by atoms with Gasteiger partial charge in [0.1, 0.15) is 0 Å². The molecule has 0 saturated carbocycles. The number of unbranched alkanes of at least 4 members (excludes halogenated alkanes) is 8. The molecule has 2 rings (SSSR count). The number of benzene rings is 2. The lowest BCUT2D eigenvalue weighted by atomic mass is 9.99. The van der Waals surface area contributed by atoms with Gasteiger partial charge in [0.15, 0.2) is 11.5 Å². The Hall–Kier alpha value is -2.00. The van der Waals surface area contributed by atoms with Crippen LogP contribution >= 0.6 is 0 Å². The largest absolute Gasteiger partial charge is 0.299 e. The van der Waals surface area contributed by atoms with Crippen LogP contribution in [0.15, 0.2) is 24.3 Å². The first-order chi connectivity index (χ1) is 18.7. The molecule has 0 fully saturated rings. The Morgan fingerprint density at radius 1 is 0.462 bits per heavy atom. The molecule has 0 unspecified atom stereocenters. The highest BCUT2D eigenvalue weighted by Crippen LogP contribution is 2.29. The van der Waals surface area contributed by atoms with Crippen molar-refractivity contribution in [3.8, 4) is 11.5 Å². The molecule has 0 bridgehead atoms. The van der Waals surface area contributed by atoms with E-state index in [4.69, 9.17) is 14.8 Å². The fraction of sp³-hybridized carbons (Fsp3) is 0.667. The van der Waals surface area contributed by atoms with Crippen molar-refractivity contribution in [2.45, 2.75) is 145 Å². The second kappa shape index (κ2) is 18.4. The van der Waals surface area contributed by atoms with E-state index >= 15 is 0 Å². The quantitative estimate of drug-likeness (QED) is 0.0953. The van der Waals surface area contributed by atoms with E-state index < -0.39 is 0 Å². The molecule has 0 atom stereocenters. The highest BCUT2D eigenvalue weighted by Gasteiger charge is 2.12. The molecule has 3 nitrogen and oxygen atoms in total. The maximum Gasteiger partial charge on any atom is 0.175 e. The molecule has 39 heavy (non-hydrogen) atoms. The van der Waals surface area contributed by atoms with Crippen molar-refractivity contribution in [1.82, 2.24) is 0 Å². The normalized spacial score (nSPS) is 11.5. The lowest BCUT2D eigenvalue weighted by Gasteiger charge is -2.14. The van der Waals surface area contributed by atoms with E-state index in [9.17, 15) is 0 Å². The molecule has 220 valence electrons. The van der Waals surface area contributed by atoms with Gasteiger partial charge in [-0.3, -0.25) is 9.78 Å². The van der Waals surface area contributed by atoms with Gasteiger partial charge in [0.25, 0.3) is 0 Å². The molecule has 0 aromatic heterocycles. The Bertz CT molecular complexity index is 836. The minimum Gasteiger partial charge on any atom is -0.299 e. The standard InChI is InChI=1S/C36H58O3/c1-27(2)19-15-11-9-13-17-21-33-23-29(5)35(30(6)24-33)37-39-38-36-31(7)25-34(26-32(36)8)22-18-14-10-12-16-20-28(3)4/h23-28H,9-22H2,1-8H3. The summed E-state index contributed by atoms with van der Waals surface area (Å²) in [6, 6.07) is 8.89. The zero-order valence-electron chi connectivity index (χ0n) is 26.6. The van der Waals surface area contributed by atoms with Crippen LogP contribution in [0.5, 0.6) is 11.5 Å². The van der Waals surface area contributed by atoms with Crippen LogP contribution in [0.3, 0.4) is 0 Å². The van der Waals surface area contributed by atoms with E-state index in [1.807, 2.05) is 0 Å². The lowest BCUT2D eigenvalue weighted by Crippen LogP contribution is -2.07. The molecular formula is C36H58O3. The highest BCUT2D eigenvalue weighted by molar-refractivity contribution is 5.44. The number of aryl methyl sites for hydroxylation is 6. The molecule has 0 heterocycles. The van der Waals surface area contributed by atoms with Gasteiger partial charge < -0.3 is 0 Å². The molecular weight excluding hydrogens is 480 g/mol. The third-order valence-corrected chi connectivity index (χ3v) is 7.77. The van der Waals surface area contributed by atoms with Gasteiger partial charge in [-0.2, -0.15) is 0 Å². The molecule has 0 saturated heterocycles. The third kappa shape index (κ3) is 13.3. The first-order valence-electron chi connectivity index (χ1n) is 15.9. The molecule has 3 heteroatoms. The van der Waals surface area contributed by atoms with Crippen LogP contribution < -0.4 is 9.78 Å². The minimum absolute atomic E-state index is 0.743. The van der Waals surface area contributed by atoms with Crippen molar-refractivity contribution in [2.24, 2.45) is 11.8 Å². The third-order valence-electron chi connectivity index (χ3n) is 7.77. The van der Waals surface area contributed by atoms with Crippen molar-refractivity contribution >= 4 is 0 Å². The van der Waals surface area contributed by atoms with Crippen molar-refractivity contribution in [3.63, 3.8) is 0 Å². The lowest BCUT2D eigenvalue weighted by molar-refractivity contribution is -0.412. The Morgan fingerprint density at radius 2 is 0.769 bits per heavy atom.